The molecule has 0 spiro atoms. The summed E-state index contributed by atoms with van der Waals surface area (Å²) in [7, 11) is 1.47. The molecule has 4 heteroatoms. The van der Waals surface area contributed by atoms with Crippen LogP contribution in [-0.2, 0) is 9.53 Å². The predicted octanol–water partition coefficient (Wildman–Crippen LogP) is 1.89. The molecule has 0 aliphatic heterocycles. The molecular weight excluding hydrogens is 240 g/mol. The van der Waals surface area contributed by atoms with Crippen LogP contribution in [0.1, 0.15) is 40.5 Å². The smallest absolute Gasteiger partial charge is 0.324 e. The molecular formula is C15H30N2O2. The first kappa shape index (κ1) is 16.4. The Hall–Kier alpha value is -0.610. The summed E-state index contributed by atoms with van der Waals surface area (Å²) < 4.78 is 4.92. The van der Waals surface area contributed by atoms with Gasteiger partial charge in [-0.25, -0.2) is 0 Å². The number of nitrogens with zero attached hydrogens (tertiary/aromatic N) is 1. The molecule has 4 nitrogen and oxygen atoms in total. The van der Waals surface area contributed by atoms with Crippen LogP contribution in [0.25, 0.3) is 0 Å². The lowest BCUT2D eigenvalue weighted by Crippen LogP contribution is -2.49. The van der Waals surface area contributed by atoms with E-state index in [1.54, 1.807) is 0 Å². The Labute approximate surface area is 117 Å². The fourth-order valence-electron chi connectivity index (χ4n) is 2.39. The van der Waals surface area contributed by atoms with Crippen molar-refractivity contribution in [1.29, 1.82) is 0 Å². The minimum atomic E-state index is -0.185. The molecule has 1 saturated carbocycles. The van der Waals surface area contributed by atoms with E-state index in [1.165, 1.54) is 20.0 Å². The third kappa shape index (κ3) is 6.92. The Balaban J connectivity index is 2.56. The van der Waals surface area contributed by atoms with Gasteiger partial charge in [0.15, 0.2) is 0 Å². The van der Waals surface area contributed by atoms with Crippen LogP contribution in [0.5, 0.6) is 0 Å². The summed E-state index contributed by atoms with van der Waals surface area (Å²) >= 11 is 0. The van der Waals surface area contributed by atoms with Crippen LogP contribution >= 0.6 is 0 Å². The highest BCUT2D eigenvalue weighted by molar-refractivity contribution is 5.76. The molecule has 1 aliphatic carbocycles. The van der Waals surface area contributed by atoms with E-state index in [2.05, 4.69) is 37.9 Å². The van der Waals surface area contributed by atoms with Crippen molar-refractivity contribution in [3.8, 4) is 0 Å². The summed E-state index contributed by atoms with van der Waals surface area (Å²) in [5.74, 6) is 1.08. The van der Waals surface area contributed by atoms with Gasteiger partial charge in [-0.2, -0.15) is 0 Å². The molecule has 1 rings (SSSR count). The van der Waals surface area contributed by atoms with Crippen molar-refractivity contribution < 1.29 is 9.53 Å². The molecule has 19 heavy (non-hydrogen) atoms. The number of nitrogens with one attached hydrogen (secondary N) is 1. The number of carbonyl (C=O) groups excluding carboxylic acids is 1. The summed E-state index contributed by atoms with van der Waals surface area (Å²) in [6, 6.07) is 0.332. The highest BCUT2D eigenvalue weighted by atomic mass is 16.5. The number of ether oxygens (including phenoxy) is 1. The standard InChI is InChI=1S/C15H30N2O2/c1-11(2)8-17(9-12(3)4)10-14(15(18)19-5)16-13-6-7-13/h11-14,16H,6-10H2,1-5H3. The lowest BCUT2D eigenvalue weighted by Gasteiger charge is -2.29. The van der Waals surface area contributed by atoms with Crippen LogP contribution in [0.4, 0.5) is 0 Å². The van der Waals surface area contributed by atoms with Crippen LogP contribution < -0.4 is 5.32 Å². The maximum absolute atomic E-state index is 11.9. The summed E-state index contributed by atoms with van der Waals surface area (Å²) in [5, 5.41) is 3.40. The molecule has 112 valence electrons. The summed E-state index contributed by atoms with van der Waals surface area (Å²) in [4.78, 5) is 14.3. The van der Waals surface area contributed by atoms with E-state index in [0.29, 0.717) is 17.9 Å². The van der Waals surface area contributed by atoms with E-state index < -0.39 is 0 Å². The zero-order valence-electron chi connectivity index (χ0n) is 13.1. The van der Waals surface area contributed by atoms with Crippen molar-refractivity contribution in [3.63, 3.8) is 0 Å². The van der Waals surface area contributed by atoms with Gasteiger partial charge in [-0.3, -0.25) is 4.79 Å². The molecule has 0 saturated heterocycles. The van der Waals surface area contributed by atoms with Gasteiger partial charge in [-0.15, -0.1) is 0 Å². The van der Waals surface area contributed by atoms with Crippen molar-refractivity contribution in [3.05, 3.63) is 0 Å². The normalized spacial score (nSPS) is 17.3. The fourth-order valence-corrected chi connectivity index (χ4v) is 2.39. The van der Waals surface area contributed by atoms with Crippen LogP contribution in [0.15, 0.2) is 0 Å². The molecule has 0 amide bonds. The molecule has 0 bridgehead atoms. The first-order valence-electron chi connectivity index (χ1n) is 7.48. The van der Waals surface area contributed by atoms with Gasteiger partial charge in [0, 0.05) is 25.7 Å². The van der Waals surface area contributed by atoms with Gasteiger partial charge in [0.1, 0.15) is 6.04 Å². The van der Waals surface area contributed by atoms with Crippen molar-refractivity contribution in [1.82, 2.24) is 10.2 Å². The van der Waals surface area contributed by atoms with E-state index in [-0.39, 0.29) is 12.0 Å². The van der Waals surface area contributed by atoms with Crippen molar-refractivity contribution in [2.75, 3.05) is 26.7 Å². The highest BCUT2D eigenvalue weighted by Gasteiger charge is 2.30. The zero-order valence-corrected chi connectivity index (χ0v) is 13.1. The quantitative estimate of drug-likeness (QED) is 0.650. The van der Waals surface area contributed by atoms with Crippen molar-refractivity contribution in [2.45, 2.75) is 52.6 Å². The second-order valence-corrected chi connectivity index (χ2v) is 6.52. The zero-order chi connectivity index (χ0) is 14.4. The molecule has 1 fully saturated rings. The van der Waals surface area contributed by atoms with E-state index in [9.17, 15) is 4.79 Å². The largest absolute Gasteiger partial charge is 0.468 e. The Bertz CT molecular complexity index is 265. The van der Waals surface area contributed by atoms with Gasteiger partial charge in [0.2, 0.25) is 0 Å². The first-order valence-corrected chi connectivity index (χ1v) is 7.48. The van der Waals surface area contributed by atoms with E-state index in [4.69, 9.17) is 4.74 Å². The van der Waals surface area contributed by atoms with Gasteiger partial charge < -0.3 is 15.0 Å². The Morgan fingerprint density at radius 3 is 2.05 bits per heavy atom. The maximum Gasteiger partial charge on any atom is 0.324 e. The average molecular weight is 270 g/mol. The molecule has 0 radical (unpaired) electrons. The minimum absolute atomic E-state index is 0.135. The van der Waals surface area contributed by atoms with Crippen LogP contribution in [0.2, 0.25) is 0 Å². The lowest BCUT2D eigenvalue weighted by atomic mass is 10.1. The predicted molar refractivity (Wildman–Crippen MR) is 78.1 cm³/mol. The first-order chi connectivity index (χ1) is 8.92. The topological polar surface area (TPSA) is 41.6 Å². The van der Waals surface area contributed by atoms with E-state index in [0.717, 1.165) is 19.6 Å². The van der Waals surface area contributed by atoms with E-state index in [1.807, 2.05) is 0 Å². The fraction of sp³-hybridized carbons (Fsp3) is 0.933. The number of methoxy groups -OCH3 is 1. The molecule has 0 aromatic heterocycles. The van der Waals surface area contributed by atoms with Crippen molar-refractivity contribution in [2.24, 2.45) is 11.8 Å². The van der Waals surface area contributed by atoms with Gasteiger partial charge in [0.05, 0.1) is 7.11 Å². The number of rotatable bonds is 9. The lowest BCUT2D eigenvalue weighted by molar-refractivity contribution is -0.143. The average Bonchev–Trinajstić information content (AvgIpc) is 3.09. The van der Waals surface area contributed by atoms with Gasteiger partial charge in [0.25, 0.3) is 0 Å². The number of hydrogen-bond acceptors (Lipinski definition) is 4. The van der Waals surface area contributed by atoms with Gasteiger partial charge >= 0.3 is 5.97 Å². The van der Waals surface area contributed by atoms with Crippen LogP contribution in [0, 0.1) is 11.8 Å². The monoisotopic (exact) mass is 270 g/mol. The molecule has 1 unspecified atom stereocenters. The number of hydrogen-bond donors (Lipinski definition) is 1. The van der Waals surface area contributed by atoms with E-state index >= 15 is 0 Å². The van der Waals surface area contributed by atoms with Crippen LogP contribution in [0.3, 0.4) is 0 Å². The van der Waals surface area contributed by atoms with Crippen LogP contribution in [-0.4, -0.2) is 49.7 Å². The number of esters is 1. The Morgan fingerprint density at radius 2 is 1.68 bits per heavy atom. The van der Waals surface area contributed by atoms with Gasteiger partial charge in [-0.1, -0.05) is 27.7 Å². The maximum atomic E-state index is 11.9. The molecule has 1 aliphatic rings. The molecule has 0 aromatic rings. The SMILES string of the molecule is COC(=O)C(CN(CC(C)C)CC(C)C)NC1CC1. The van der Waals surface area contributed by atoms with Crippen molar-refractivity contribution >= 4 is 5.97 Å². The minimum Gasteiger partial charge on any atom is -0.468 e. The number of carbonyl (C=O) groups is 1. The molecule has 1 atom stereocenters. The molecule has 0 aromatic carbocycles. The van der Waals surface area contributed by atoms with Gasteiger partial charge in [-0.05, 0) is 24.7 Å². The second-order valence-electron chi connectivity index (χ2n) is 6.52. The molecule has 0 heterocycles. The summed E-state index contributed by atoms with van der Waals surface area (Å²) in [6.45, 7) is 11.7. The third-order valence-electron chi connectivity index (χ3n) is 3.19. The molecule has 1 N–H and O–H groups in total. The summed E-state index contributed by atoms with van der Waals surface area (Å²) in [5.41, 5.74) is 0. The summed E-state index contributed by atoms with van der Waals surface area (Å²) in [6.07, 6.45) is 2.36. The highest BCUT2D eigenvalue weighted by Crippen LogP contribution is 2.20. The third-order valence-corrected chi connectivity index (χ3v) is 3.19. The Kier molecular flexibility index (Phi) is 6.80. The Morgan fingerprint density at radius 1 is 1.16 bits per heavy atom. The second kappa shape index (κ2) is 7.85.